The summed E-state index contributed by atoms with van der Waals surface area (Å²) < 4.78 is 6.98. The van der Waals surface area contributed by atoms with Crippen LogP contribution in [0.15, 0.2) is 35.5 Å². The topological polar surface area (TPSA) is 88.9 Å². The van der Waals surface area contributed by atoms with E-state index in [9.17, 15) is 4.79 Å². The van der Waals surface area contributed by atoms with Gasteiger partial charge >= 0.3 is 0 Å². The summed E-state index contributed by atoms with van der Waals surface area (Å²) in [6, 6.07) is 3.65. The minimum atomic E-state index is -0.188. The van der Waals surface area contributed by atoms with Gasteiger partial charge in [0.25, 0.3) is 5.56 Å². The van der Waals surface area contributed by atoms with E-state index in [1.807, 2.05) is 17.0 Å². The number of aromatic nitrogens is 5. The van der Waals surface area contributed by atoms with Crippen molar-refractivity contribution in [3.63, 3.8) is 0 Å². The number of anilines is 1. The minimum Gasteiger partial charge on any atom is -0.378 e. The Hall–Kier alpha value is -2.74. The number of hydrogen-bond acceptors (Lipinski definition) is 6. The molecule has 112 valence electrons. The number of nitrogens with zero attached hydrogens (tertiary/aromatic N) is 5. The number of pyridine rings is 1. The van der Waals surface area contributed by atoms with Gasteiger partial charge in [-0.1, -0.05) is 0 Å². The Bertz CT molecular complexity index is 851. The molecule has 0 bridgehead atoms. The first-order valence-electron chi connectivity index (χ1n) is 7.04. The number of H-pyrrole nitrogens is 1. The molecule has 0 saturated carbocycles. The third kappa shape index (κ3) is 2.13. The molecule has 0 aliphatic carbocycles. The number of morpholine rings is 1. The Morgan fingerprint density at radius 1 is 1.18 bits per heavy atom. The summed E-state index contributed by atoms with van der Waals surface area (Å²) >= 11 is 0. The summed E-state index contributed by atoms with van der Waals surface area (Å²) in [6.07, 6.45) is 4.89. The molecule has 22 heavy (non-hydrogen) atoms. The van der Waals surface area contributed by atoms with Crippen LogP contribution in [-0.2, 0) is 4.74 Å². The van der Waals surface area contributed by atoms with Gasteiger partial charge in [0.05, 0.1) is 25.1 Å². The van der Waals surface area contributed by atoms with Crippen molar-refractivity contribution in [3.05, 3.63) is 41.1 Å². The number of ether oxygens (including phenoxy) is 1. The molecular weight excluding hydrogens is 284 g/mol. The Labute approximate surface area is 125 Å². The van der Waals surface area contributed by atoms with E-state index in [2.05, 4.69) is 20.1 Å². The van der Waals surface area contributed by atoms with Crippen LogP contribution in [0.25, 0.3) is 16.7 Å². The molecule has 1 N–H and O–H groups in total. The number of hydrogen-bond donors (Lipinski definition) is 1. The van der Waals surface area contributed by atoms with Crippen molar-refractivity contribution < 1.29 is 4.74 Å². The Morgan fingerprint density at radius 3 is 2.73 bits per heavy atom. The van der Waals surface area contributed by atoms with Crippen molar-refractivity contribution in [2.75, 3.05) is 31.2 Å². The lowest BCUT2D eigenvalue weighted by Gasteiger charge is -2.27. The van der Waals surface area contributed by atoms with Gasteiger partial charge in [0.15, 0.2) is 5.65 Å². The van der Waals surface area contributed by atoms with Crippen molar-refractivity contribution in [1.29, 1.82) is 0 Å². The van der Waals surface area contributed by atoms with E-state index in [0.717, 1.165) is 5.69 Å². The SMILES string of the molecule is O=c1[nH]c(N2CCOCC2)nc2c1cnn2-c1ccncc1. The van der Waals surface area contributed by atoms with Crippen molar-refractivity contribution in [2.45, 2.75) is 0 Å². The summed E-state index contributed by atoms with van der Waals surface area (Å²) in [7, 11) is 0. The third-order valence-corrected chi connectivity index (χ3v) is 3.64. The lowest BCUT2D eigenvalue weighted by atomic mass is 10.4. The van der Waals surface area contributed by atoms with Gasteiger partial charge in [0.2, 0.25) is 5.95 Å². The van der Waals surface area contributed by atoms with Crippen LogP contribution < -0.4 is 10.5 Å². The van der Waals surface area contributed by atoms with E-state index in [1.165, 1.54) is 6.20 Å². The first kappa shape index (κ1) is 13.0. The molecule has 1 fully saturated rings. The van der Waals surface area contributed by atoms with Crippen LogP contribution in [0.3, 0.4) is 0 Å². The van der Waals surface area contributed by atoms with E-state index in [4.69, 9.17) is 4.74 Å². The van der Waals surface area contributed by atoms with Gasteiger partial charge in [-0.05, 0) is 12.1 Å². The van der Waals surface area contributed by atoms with Gasteiger partial charge in [-0.2, -0.15) is 10.1 Å². The standard InChI is InChI=1S/C14H14N6O2/c21-13-11-9-16-20(10-1-3-15-4-2-10)12(11)17-14(18-13)19-5-7-22-8-6-19/h1-4,9H,5-8H2,(H,17,18,21). The van der Waals surface area contributed by atoms with Crippen molar-refractivity contribution in [1.82, 2.24) is 24.7 Å². The van der Waals surface area contributed by atoms with Crippen LogP contribution in [0.5, 0.6) is 0 Å². The molecule has 8 heteroatoms. The largest absolute Gasteiger partial charge is 0.378 e. The molecule has 1 aliphatic heterocycles. The molecule has 4 rings (SSSR count). The van der Waals surface area contributed by atoms with Crippen molar-refractivity contribution >= 4 is 17.0 Å². The smallest absolute Gasteiger partial charge is 0.263 e. The molecule has 4 heterocycles. The van der Waals surface area contributed by atoms with E-state index in [-0.39, 0.29) is 5.56 Å². The predicted octanol–water partition coefficient (Wildman–Crippen LogP) is 0.340. The molecule has 0 amide bonds. The summed E-state index contributed by atoms with van der Waals surface area (Å²) in [6.45, 7) is 2.67. The molecule has 0 radical (unpaired) electrons. The number of nitrogens with one attached hydrogen (secondary N) is 1. The highest BCUT2D eigenvalue weighted by molar-refractivity contribution is 5.76. The lowest BCUT2D eigenvalue weighted by Crippen LogP contribution is -2.38. The van der Waals surface area contributed by atoms with Crippen LogP contribution in [0.1, 0.15) is 0 Å². The first-order chi connectivity index (χ1) is 10.8. The summed E-state index contributed by atoms with van der Waals surface area (Å²) in [5, 5.41) is 4.74. The molecule has 8 nitrogen and oxygen atoms in total. The zero-order valence-corrected chi connectivity index (χ0v) is 11.8. The Morgan fingerprint density at radius 2 is 1.95 bits per heavy atom. The van der Waals surface area contributed by atoms with Crippen LogP contribution in [0, 0.1) is 0 Å². The summed E-state index contributed by atoms with van der Waals surface area (Å²) in [5.41, 5.74) is 1.17. The molecule has 3 aromatic heterocycles. The molecule has 0 unspecified atom stereocenters. The number of aromatic amines is 1. The highest BCUT2D eigenvalue weighted by atomic mass is 16.5. The van der Waals surface area contributed by atoms with E-state index in [1.54, 1.807) is 17.1 Å². The fraction of sp³-hybridized carbons (Fsp3) is 0.286. The van der Waals surface area contributed by atoms with Gasteiger partial charge in [0.1, 0.15) is 5.39 Å². The molecule has 0 atom stereocenters. The fourth-order valence-electron chi connectivity index (χ4n) is 2.51. The molecule has 0 aromatic carbocycles. The maximum absolute atomic E-state index is 12.3. The lowest BCUT2D eigenvalue weighted by molar-refractivity contribution is 0.122. The second-order valence-corrected chi connectivity index (χ2v) is 4.99. The number of fused-ring (bicyclic) bond motifs is 1. The maximum atomic E-state index is 12.3. The van der Waals surface area contributed by atoms with E-state index < -0.39 is 0 Å². The molecular formula is C14H14N6O2. The average molecular weight is 298 g/mol. The van der Waals surface area contributed by atoms with E-state index >= 15 is 0 Å². The van der Waals surface area contributed by atoms with Crippen LogP contribution >= 0.6 is 0 Å². The number of rotatable bonds is 2. The normalized spacial score (nSPS) is 15.4. The first-order valence-corrected chi connectivity index (χ1v) is 7.04. The third-order valence-electron chi connectivity index (χ3n) is 3.64. The second-order valence-electron chi connectivity index (χ2n) is 4.99. The van der Waals surface area contributed by atoms with Crippen LogP contribution in [0.2, 0.25) is 0 Å². The molecule has 1 saturated heterocycles. The van der Waals surface area contributed by atoms with Gasteiger partial charge in [0, 0.05) is 25.5 Å². The zero-order valence-electron chi connectivity index (χ0n) is 11.8. The van der Waals surface area contributed by atoms with Gasteiger partial charge in [-0.3, -0.25) is 14.8 Å². The maximum Gasteiger partial charge on any atom is 0.263 e. The Balaban J connectivity index is 1.86. The highest BCUT2D eigenvalue weighted by Gasteiger charge is 2.17. The van der Waals surface area contributed by atoms with Gasteiger partial charge in [-0.15, -0.1) is 0 Å². The van der Waals surface area contributed by atoms with E-state index in [0.29, 0.717) is 43.3 Å². The van der Waals surface area contributed by atoms with Gasteiger partial charge < -0.3 is 9.64 Å². The molecule has 1 aliphatic rings. The molecule has 3 aromatic rings. The summed E-state index contributed by atoms with van der Waals surface area (Å²) in [5.74, 6) is 0.552. The van der Waals surface area contributed by atoms with Crippen molar-refractivity contribution in [2.24, 2.45) is 0 Å². The monoisotopic (exact) mass is 298 g/mol. The van der Waals surface area contributed by atoms with Crippen LogP contribution in [-0.4, -0.2) is 51.0 Å². The Kier molecular flexibility index (Phi) is 3.08. The molecule has 0 spiro atoms. The summed E-state index contributed by atoms with van der Waals surface area (Å²) in [4.78, 5) is 25.7. The zero-order chi connectivity index (χ0) is 14.9. The van der Waals surface area contributed by atoms with Gasteiger partial charge in [-0.25, -0.2) is 4.68 Å². The fourth-order valence-corrected chi connectivity index (χ4v) is 2.51. The average Bonchev–Trinajstić information content (AvgIpc) is 3.01. The van der Waals surface area contributed by atoms with Crippen LogP contribution in [0.4, 0.5) is 5.95 Å². The van der Waals surface area contributed by atoms with Crippen molar-refractivity contribution in [3.8, 4) is 5.69 Å². The second kappa shape index (κ2) is 5.23. The highest BCUT2D eigenvalue weighted by Crippen LogP contribution is 2.16. The quantitative estimate of drug-likeness (QED) is 0.734. The minimum absolute atomic E-state index is 0.188. The predicted molar refractivity (Wildman–Crippen MR) is 80.3 cm³/mol.